The van der Waals surface area contributed by atoms with Crippen LogP contribution in [0.5, 0.6) is 5.75 Å². The highest BCUT2D eigenvalue weighted by atomic mass is 35.5. The van der Waals surface area contributed by atoms with Crippen LogP contribution >= 0.6 is 11.6 Å². The minimum atomic E-state index is -0.0939. The fourth-order valence-corrected chi connectivity index (χ4v) is 6.17. The summed E-state index contributed by atoms with van der Waals surface area (Å²) in [6.07, 6.45) is 11.6. The number of nitrogens with two attached hydrogens (primary N) is 1. The first-order chi connectivity index (χ1) is 20.2. The minimum Gasteiger partial charge on any atom is -0.496 e. The van der Waals surface area contributed by atoms with Gasteiger partial charge >= 0.3 is 5.97 Å². The molecule has 3 heterocycles. The van der Waals surface area contributed by atoms with Crippen molar-refractivity contribution in [3.05, 3.63) is 75.3 Å². The molecule has 0 aliphatic heterocycles. The summed E-state index contributed by atoms with van der Waals surface area (Å²) in [6, 6.07) is 8.64. The number of halogens is 1. The summed E-state index contributed by atoms with van der Waals surface area (Å²) < 4.78 is 13.3. The first kappa shape index (κ1) is 29.8. The number of hydrogen-bond donors (Lipinski definition) is 1. The molecule has 1 aromatic carbocycles. The van der Waals surface area contributed by atoms with E-state index in [1.54, 1.807) is 7.11 Å². The Morgan fingerprint density at radius 3 is 2.48 bits per heavy atom. The Labute approximate surface area is 252 Å². The number of hydrogen-bond acceptors (Lipinski definition) is 7. The standard InChI is InChI=1S/C33H40ClN5O3/c1-20(32(40)42-26-7-5-6-8-26)9-10-23-11-13-24(14-12-23)15-16-25-18-39(31-28(25)30(34)37-33(35)38-31)19-27-22(3)29(41-4)21(2)17-36-27/h11-14,17-18,20,26H,5-10,15-16,19H2,1-4H3,(H2,35,37,38). The lowest BCUT2D eigenvalue weighted by atomic mass is 9.98. The number of benzene rings is 1. The average molecular weight is 590 g/mol. The zero-order valence-corrected chi connectivity index (χ0v) is 25.7. The Morgan fingerprint density at radius 2 is 1.79 bits per heavy atom. The summed E-state index contributed by atoms with van der Waals surface area (Å²) in [4.78, 5) is 25.9. The molecule has 3 aromatic heterocycles. The molecule has 8 nitrogen and oxygen atoms in total. The molecule has 5 rings (SSSR count). The van der Waals surface area contributed by atoms with Gasteiger partial charge in [0.1, 0.15) is 22.7 Å². The average Bonchev–Trinajstić information content (AvgIpc) is 3.60. The molecule has 4 aromatic rings. The molecule has 42 heavy (non-hydrogen) atoms. The molecule has 1 atom stereocenters. The number of carbonyl (C=O) groups is 1. The summed E-state index contributed by atoms with van der Waals surface area (Å²) in [5.41, 5.74) is 13.1. The quantitative estimate of drug-likeness (QED) is 0.156. The number of aryl methyl sites for hydroxylation is 4. The van der Waals surface area contributed by atoms with E-state index in [9.17, 15) is 4.79 Å². The molecular formula is C33H40ClN5O3. The van der Waals surface area contributed by atoms with Crippen molar-refractivity contribution in [1.29, 1.82) is 0 Å². The van der Waals surface area contributed by atoms with Crippen LogP contribution in [0.4, 0.5) is 5.95 Å². The summed E-state index contributed by atoms with van der Waals surface area (Å²) in [7, 11) is 1.68. The molecular weight excluding hydrogens is 550 g/mol. The monoisotopic (exact) mass is 589 g/mol. The highest BCUT2D eigenvalue weighted by molar-refractivity contribution is 6.34. The van der Waals surface area contributed by atoms with Gasteiger partial charge in [-0.2, -0.15) is 4.98 Å². The Hall–Kier alpha value is -3.65. The Morgan fingerprint density at radius 1 is 1.10 bits per heavy atom. The van der Waals surface area contributed by atoms with Crippen molar-refractivity contribution in [1.82, 2.24) is 19.5 Å². The van der Waals surface area contributed by atoms with Crippen LogP contribution in [0.2, 0.25) is 5.15 Å². The molecule has 0 spiro atoms. The van der Waals surface area contributed by atoms with E-state index in [1.165, 1.54) is 11.1 Å². The SMILES string of the molecule is COc1c(C)cnc(Cn2cc(CCc3ccc(CCC(C)C(=O)OC4CCCC4)cc3)c3c(Cl)nc(N)nc32)c1C. The molecule has 222 valence electrons. The van der Waals surface area contributed by atoms with Crippen LogP contribution in [-0.2, 0) is 35.3 Å². The zero-order chi connectivity index (χ0) is 29.8. The number of ether oxygens (including phenoxy) is 2. The molecule has 1 aliphatic carbocycles. The lowest BCUT2D eigenvalue weighted by Crippen LogP contribution is -2.21. The number of methoxy groups -OCH3 is 1. The van der Waals surface area contributed by atoms with Crippen LogP contribution in [0, 0.1) is 19.8 Å². The third-order valence-corrected chi connectivity index (χ3v) is 8.67. The number of nitrogens with zero attached hydrogens (tertiary/aromatic N) is 4. The van der Waals surface area contributed by atoms with Crippen molar-refractivity contribution < 1.29 is 14.3 Å². The summed E-state index contributed by atoms with van der Waals surface area (Å²) >= 11 is 6.60. The van der Waals surface area contributed by atoms with Crippen molar-refractivity contribution in [3.8, 4) is 5.75 Å². The maximum absolute atomic E-state index is 12.4. The van der Waals surface area contributed by atoms with Crippen LogP contribution in [0.25, 0.3) is 11.0 Å². The van der Waals surface area contributed by atoms with E-state index < -0.39 is 0 Å². The van der Waals surface area contributed by atoms with Gasteiger partial charge in [0, 0.05) is 23.5 Å². The Kier molecular flexibility index (Phi) is 9.31. The highest BCUT2D eigenvalue weighted by Crippen LogP contribution is 2.31. The number of esters is 1. The normalized spacial score (nSPS) is 14.4. The summed E-state index contributed by atoms with van der Waals surface area (Å²) in [5.74, 6) is 0.824. The first-order valence-corrected chi connectivity index (χ1v) is 15.2. The van der Waals surface area contributed by atoms with E-state index in [4.69, 9.17) is 26.8 Å². The first-order valence-electron chi connectivity index (χ1n) is 14.8. The van der Waals surface area contributed by atoms with Gasteiger partial charge in [-0.3, -0.25) is 9.78 Å². The molecule has 1 aliphatic rings. The molecule has 1 unspecified atom stereocenters. The Bertz CT molecular complexity index is 1560. The van der Waals surface area contributed by atoms with Crippen LogP contribution in [0.15, 0.2) is 36.7 Å². The van der Waals surface area contributed by atoms with Gasteiger partial charge in [0.05, 0.1) is 30.7 Å². The fourth-order valence-electron chi connectivity index (χ4n) is 5.88. The summed E-state index contributed by atoms with van der Waals surface area (Å²) in [5, 5.41) is 1.17. The maximum atomic E-state index is 12.4. The van der Waals surface area contributed by atoms with Crippen molar-refractivity contribution in [2.75, 3.05) is 12.8 Å². The predicted molar refractivity (Wildman–Crippen MR) is 166 cm³/mol. The van der Waals surface area contributed by atoms with Gasteiger partial charge in [0.2, 0.25) is 5.95 Å². The van der Waals surface area contributed by atoms with Gasteiger partial charge in [0.25, 0.3) is 0 Å². The zero-order valence-electron chi connectivity index (χ0n) is 25.0. The van der Waals surface area contributed by atoms with E-state index in [-0.39, 0.29) is 23.9 Å². The molecule has 1 saturated carbocycles. The van der Waals surface area contributed by atoms with E-state index >= 15 is 0 Å². The lowest BCUT2D eigenvalue weighted by Gasteiger charge is -2.16. The second-order valence-corrected chi connectivity index (χ2v) is 11.9. The van der Waals surface area contributed by atoms with Crippen molar-refractivity contribution in [3.63, 3.8) is 0 Å². The number of pyridine rings is 1. The van der Waals surface area contributed by atoms with Gasteiger partial charge in [-0.15, -0.1) is 0 Å². The second-order valence-electron chi connectivity index (χ2n) is 11.5. The van der Waals surface area contributed by atoms with Gasteiger partial charge in [-0.25, -0.2) is 4.98 Å². The van der Waals surface area contributed by atoms with Crippen molar-refractivity contribution >= 4 is 34.6 Å². The predicted octanol–water partition coefficient (Wildman–Crippen LogP) is 6.58. The van der Waals surface area contributed by atoms with E-state index in [1.807, 2.05) is 31.5 Å². The van der Waals surface area contributed by atoms with Crippen LogP contribution in [-0.4, -0.2) is 38.7 Å². The lowest BCUT2D eigenvalue weighted by molar-refractivity contribution is -0.153. The van der Waals surface area contributed by atoms with Crippen molar-refractivity contribution in [2.24, 2.45) is 5.92 Å². The Balaban J connectivity index is 1.26. The molecule has 1 fully saturated rings. The van der Waals surface area contributed by atoms with E-state index in [0.29, 0.717) is 17.3 Å². The third kappa shape index (κ3) is 6.70. The fraction of sp³-hybridized carbons (Fsp3) is 0.455. The van der Waals surface area contributed by atoms with Gasteiger partial charge in [0.15, 0.2) is 0 Å². The largest absolute Gasteiger partial charge is 0.496 e. The van der Waals surface area contributed by atoms with Gasteiger partial charge < -0.3 is 19.8 Å². The molecule has 0 amide bonds. The number of anilines is 1. The van der Waals surface area contributed by atoms with Gasteiger partial charge in [-0.05, 0) is 81.9 Å². The van der Waals surface area contributed by atoms with Gasteiger partial charge in [-0.1, -0.05) is 42.8 Å². The highest BCUT2D eigenvalue weighted by Gasteiger charge is 2.23. The second kappa shape index (κ2) is 13.1. The number of nitrogen functional groups attached to an aromatic ring is 1. The minimum absolute atomic E-state index is 0.0606. The molecule has 2 N–H and O–H groups in total. The number of rotatable bonds is 11. The third-order valence-electron chi connectivity index (χ3n) is 8.40. The van der Waals surface area contributed by atoms with Crippen LogP contribution in [0.1, 0.15) is 72.5 Å². The molecule has 0 saturated heterocycles. The molecule has 0 bridgehead atoms. The smallest absolute Gasteiger partial charge is 0.308 e. The van der Waals surface area contributed by atoms with E-state index in [2.05, 4.69) is 45.4 Å². The van der Waals surface area contributed by atoms with Crippen LogP contribution in [0.3, 0.4) is 0 Å². The summed E-state index contributed by atoms with van der Waals surface area (Å²) in [6.45, 7) is 6.48. The van der Waals surface area contributed by atoms with Crippen molar-refractivity contribution in [2.45, 2.75) is 84.8 Å². The molecule has 9 heteroatoms. The van der Waals surface area contributed by atoms with E-state index in [0.717, 1.165) is 84.9 Å². The topological polar surface area (TPSA) is 105 Å². The number of carbonyl (C=O) groups excluding carboxylic acids is 1. The molecule has 0 radical (unpaired) electrons. The number of aromatic nitrogens is 4. The van der Waals surface area contributed by atoms with Crippen LogP contribution < -0.4 is 10.5 Å². The maximum Gasteiger partial charge on any atom is 0.308 e. The number of fused-ring (bicyclic) bond motifs is 1.